The average molecular weight is 865 g/mol. The Morgan fingerprint density at radius 3 is 2.12 bits per heavy atom. The van der Waals surface area contributed by atoms with Crippen molar-refractivity contribution in [3.63, 3.8) is 0 Å². The zero-order valence-corrected chi connectivity index (χ0v) is 32.5. The van der Waals surface area contributed by atoms with E-state index in [-0.39, 0.29) is 22.1 Å². The van der Waals surface area contributed by atoms with Gasteiger partial charge < -0.3 is 10.0 Å². The number of halogens is 3. The van der Waals surface area contributed by atoms with Crippen molar-refractivity contribution in [1.29, 1.82) is 0 Å². The largest absolute Gasteiger partial charge is 0.480 e. The maximum Gasteiger partial charge on any atom is 0.322 e. The SMILES string of the molecule is O=C(O)C1Cc2ccccc2CN1S(=O)(=O)c1cnc(N2CCC(CCCC3CCN(S(=O)(=O)c4cc(Br)c(Cl)s4)CC3)CC2)c(Br)c1. The number of carbonyl (C=O) groups is 1. The topological polar surface area (TPSA) is 128 Å². The summed E-state index contributed by atoms with van der Waals surface area (Å²) in [5, 5.41) is 9.87. The Labute approximate surface area is 307 Å². The lowest BCUT2D eigenvalue weighted by atomic mass is 9.87. The van der Waals surface area contributed by atoms with Crippen LogP contribution < -0.4 is 4.90 Å². The van der Waals surface area contributed by atoms with Crippen molar-refractivity contribution >= 4 is 86.6 Å². The van der Waals surface area contributed by atoms with E-state index in [4.69, 9.17) is 11.6 Å². The van der Waals surface area contributed by atoms with Gasteiger partial charge in [0, 0.05) is 49.8 Å². The Kier molecular flexibility index (Phi) is 11.3. The van der Waals surface area contributed by atoms with E-state index in [1.165, 1.54) is 12.3 Å². The molecule has 0 bridgehead atoms. The zero-order chi connectivity index (χ0) is 34.2. The highest BCUT2D eigenvalue weighted by Gasteiger charge is 2.40. The van der Waals surface area contributed by atoms with Gasteiger partial charge in [0.1, 0.15) is 25.3 Å². The number of aromatic nitrogens is 1. The van der Waals surface area contributed by atoms with E-state index in [0.29, 0.717) is 44.0 Å². The number of piperidine rings is 2. The number of nitrogens with zero attached hydrogens (tertiary/aromatic N) is 4. The van der Waals surface area contributed by atoms with Gasteiger partial charge in [-0.25, -0.2) is 21.8 Å². The molecule has 16 heteroatoms. The third-order valence-electron chi connectivity index (χ3n) is 9.82. The summed E-state index contributed by atoms with van der Waals surface area (Å²) < 4.78 is 58.0. The second-order valence-corrected chi connectivity index (χ2v) is 20.2. The zero-order valence-electron chi connectivity index (χ0n) is 26.1. The monoisotopic (exact) mass is 862 g/mol. The van der Waals surface area contributed by atoms with Crippen LogP contribution >= 0.6 is 54.8 Å². The first-order valence-electron chi connectivity index (χ1n) is 16.0. The van der Waals surface area contributed by atoms with E-state index in [1.54, 1.807) is 10.4 Å². The molecule has 1 unspecified atom stereocenters. The smallest absolute Gasteiger partial charge is 0.322 e. The first-order chi connectivity index (χ1) is 22.8. The van der Waals surface area contributed by atoms with Crippen molar-refractivity contribution in [2.75, 3.05) is 31.1 Å². The summed E-state index contributed by atoms with van der Waals surface area (Å²) in [4.78, 5) is 18.8. The first kappa shape index (κ1) is 36.2. The maximum absolute atomic E-state index is 13.7. The van der Waals surface area contributed by atoms with Gasteiger partial charge in [0.25, 0.3) is 10.0 Å². The van der Waals surface area contributed by atoms with Crippen molar-refractivity contribution in [2.24, 2.45) is 11.8 Å². The Balaban J connectivity index is 0.983. The molecular formula is C32H37Br2ClN4O6S3. The predicted molar refractivity (Wildman–Crippen MR) is 194 cm³/mol. The van der Waals surface area contributed by atoms with Crippen molar-refractivity contribution in [2.45, 2.75) is 73.1 Å². The third-order valence-corrected chi connectivity index (χ3v) is 17.0. The number of aliphatic carboxylic acids is 1. The van der Waals surface area contributed by atoms with Gasteiger partial charge in [0.15, 0.2) is 0 Å². The Hall–Kier alpha value is -1.59. The summed E-state index contributed by atoms with van der Waals surface area (Å²) >= 11 is 14.0. The molecule has 0 saturated carbocycles. The fourth-order valence-electron chi connectivity index (χ4n) is 7.03. The van der Waals surface area contributed by atoms with Crippen molar-refractivity contribution < 1.29 is 26.7 Å². The number of fused-ring (bicyclic) bond motifs is 1. The van der Waals surface area contributed by atoms with Crippen LogP contribution in [0.2, 0.25) is 4.34 Å². The molecule has 2 aromatic heterocycles. The van der Waals surface area contributed by atoms with Gasteiger partial charge in [-0.3, -0.25) is 4.79 Å². The molecule has 5 heterocycles. The van der Waals surface area contributed by atoms with Gasteiger partial charge in [0.05, 0.1) is 4.47 Å². The van der Waals surface area contributed by atoms with Crippen LogP contribution in [0.3, 0.4) is 0 Å². The van der Waals surface area contributed by atoms with E-state index >= 15 is 0 Å². The van der Waals surface area contributed by atoms with Crippen LogP contribution in [-0.2, 0) is 37.8 Å². The molecule has 1 aromatic carbocycles. The van der Waals surface area contributed by atoms with Gasteiger partial charge in [0.2, 0.25) is 10.0 Å². The molecule has 260 valence electrons. The second kappa shape index (κ2) is 14.9. The van der Waals surface area contributed by atoms with E-state index in [9.17, 15) is 26.7 Å². The normalized spacial score (nSPS) is 20.6. The minimum Gasteiger partial charge on any atom is -0.480 e. The molecule has 3 aliphatic rings. The van der Waals surface area contributed by atoms with Crippen LogP contribution in [0.5, 0.6) is 0 Å². The second-order valence-electron chi connectivity index (χ2n) is 12.7. The van der Waals surface area contributed by atoms with Crippen molar-refractivity contribution in [3.8, 4) is 0 Å². The number of anilines is 1. The molecule has 10 nitrogen and oxygen atoms in total. The van der Waals surface area contributed by atoms with Crippen LogP contribution in [0.25, 0.3) is 0 Å². The lowest BCUT2D eigenvalue weighted by Gasteiger charge is -2.35. The minimum absolute atomic E-state index is 0.00686. The number of carboxylic acids is 1. The highest BCUT2D eigenvalue weighted by Crippen LogP contribution is 2.38. The maximum atomic E-state index is 13.7. The summed E-state index contributed by atoms with van der Waals surface area (Å²) in [5.41, 5.74) is 1.65. The summed E-state index contributed by atoms with van der Waals surface area (Å²) in [5.74, 6) is 0.628. The van der Waals surface area contributed by atoms with Gasteiger partial charge in [-0.15, -0.1) is 11.3 Å². The van der Waals surface area contributed by atoms with Crippen LogP contribution in [0.4, 0.5) is 5.82 Å². The van der Waals surface area contributed by atoms with E-state index in [0.717, 1.165) is 84.8 Å². The Bertz CT molecular complexity index is 1860. The van der Waals surface area contributed by atoms with Crippen molar-refractivity contribution in [3.05, 3.63) is 67.0 Å². The molecule has 6 rings (SSSR count). The minimum atomic E-state index is -4.12. The van der Waals surface area contributed by atoms with Crippen LogP contribution in [-0.4, -0.2) is 73.7 Å². The molecule has 3 aromatic rings. The first-order valence-corrected chi connectivity index (χ1v) is 21.7. The van der Waals surface area contributed by atoms with E-state index in [1.807, 2.05) is 24.3 Å². The molecule has 2 fully saturated rings. The number of rotatable bonds is 10. The summed E-state index contributed by atoms with van der Waals surface area (Å²) in [6.45, 7) is 2.68. The Morgan fingerprint density at radius 1 is 0.917 bits per heavy atom. The molecule has 0 amide bonds. The molecule has 2 saturated heterocycles. The molecule has 0 radical (unpaired) electrons. The Morgan fingerprint density at radius 2 is 1.54 bits per heavy atom. The summed E-state index contributed by atoms with van der Waals surface area (Å²) in [6.07, 6.45) is 8.54. The molecular weight excluding hydrogens is 828 g/mol. The van der Waals surface area contributed by atoms with E-state index < -0.39 is 32.1 Å². The van der Waals surface area contributed by atoms with Crippen LogP contribution in [0.1, 0.15) is 56.1 Å². The molecule has 48 heavy (non-hydrogen) atoms. The van der Waals surface area contributed by atoms with Crippen molar-refractivity contribution in [1.82, 2.24) is 13.6 Å². The lowest BCUT2D eigenvalue weighted by Crippen LogP contribution is -2.48. The highest BCUT2D eigenvalue weighted by atomic mass is 79.9. The molecule has 0 spiro atoms. The summed E-state index contributed by atoms with van der Waals surface area (Å²) in [6, 6.07) is 9.26. The van der Waals surface area contributed by atoms with Gasteiger partial charge in [-0.1, -0.05) is 55.1 Å². The number of pyridine rings is 1. The molecule has 3 aliphatic heterocycles. The third kappa shape index (κ3) is 7.68. The number of hydrogen-bond donors (Lipinski definition) is 1. The molecule has 0 aliphatic carbocycles. The quantitative estimate of drug-likeness (QED) is 0.231. The van der Waals surface area contributed by atoms with Gasteiger partial charge in [-0.05, 0) is 92.6 Å². The van der Waals surface area contributed by atoms with E-state index in [2.05, 4.69) is 41.7 Å². The molecule has 1 N–H and O–H groups in total. The fraction of sp³-hybridized carbons (Fsp3) is 0.500. The van der Waals surface area contributed by atoms with Crippen LogP contribution in [0.15, 0.2) is 60.6 Å². The predicted octanol–water partition coefficient (Wildman–Crippen LogP) is 7.01. The van der Waals surface area contributed by atoms with Gasteiger partial charge in [-0.2, -0.15) is 8.61 Å². The number of thiophene rings is 1. The highest BCUT2D eigenvalue weighted by molar-refractivity contribution is 9.11. The lowest BCUT2D eigenvalue weighted by molar-refractivity contribution is -0.141. The fourth-order valence-corrected chi connectivity index (χ4v) is 13.2. The molecule has 1 atom stereocenters. The summed E-state index contributed by atoms with van der Waals surface area (Å²) in [7, 11) is -7.63. The van der Waals surface area contributed by atoms with Crippen LogP contribution in [0, 0.1) is 11.8 Å². The van der Waals surface area contributed by atoms with Gasteiger partial charge >= 0.3 is 5.97 Å². The average Bonchev–Trinajstić information content (AvgIpc) is 3.43. The standard InChI is InChI=1S/C32H37Br2ClN4O6S3/c33-26-18-29(46-30(26)35)48(44,45)38-14-10-22(11-15-38)5-3-4-21-8-12-37(13-9-21)31-27(34)17-25(19-36-31)47(42,43)39-20-24-7-2-1-6-23(24)16-28(39)32(40)41/h1-2,6-7,17-19,21-22,28H,3-5,8-16,20H2,(H,40,41). The number of carboxylic acid groups (broad SMARTS) is 1. The number of hydrogen-bond acceptors (Lipinski definition) is 8. The number of benzene rings is 1. The number of sulfonamides is 2.